The number of rotatable bonds is 7. The maximum atomic E-state index is 11.5. The topological polar surface area (TPSA) is 125 Å². The highest BCUT2D eigenvalue weighted by atomic mass is 16.6. The zero-order valence-corrected chi connectivity index (χ0v) is 15.3. The Labute approximate surface area is 160 Å². The third-order valence-electron chi connectivity index (χ3n) is 4.34. The van der Waals surface area contributed by atoms with Crippen LogP contribution in [-0.4, -0.2) is 27.5 Å². The summed E-state index contributed by atoms with van der Waals surface area (Å²) in [5, 5.41) is 14.7. The van der Waals surface area contributed by atoms with E-state index < -0.39 is 16.9 Å². The van der Waals surface area contributed by atoms with Crippen LogP contribution < -0.4 is 15.8 Å². The third-order valence-corrected chi connectivity index (χ3v) is 4.34. The highest BCUT2D eigenvalue weighted by Gasteiger charge is 2.23. The van der Waals surface area contributed by atoms with Gasteiger partial charge in [0, 0.05) is 31.1 Å². The van der Waals surface area contributed by atoms with E-state index in [1.165, 1.54) is 12.1 Å². The number of imidazole rings is 1. The van der Waals surface area contributed by atoms with Crippen molar-refractivity contribution in [2.24, 2.45) is 12.8 Å². The lowest BCUT2D eigenvalue weighted by Gasteiger charge is -2.20. The number of hydrogen-bond donors (Lipinski definition) is 2. The van der Waals surface area contributed by atoms with Crippen molar-refractivity contribution in [1.29, 1.82) is 0 Å². The van der Waals surface area contributed by atoms with E-state index in [1.54, 1.807) is 31.6 Å². The van der Waals surface area contributed by atoms with Crippen LogP contribution in [0.1, 0.15) is 27.8 Å². The summed E-state index contributed by atoms with van der Waals surface area (Å²) < 4.78 is 7.02. The first kappa shape index (κ1) is 18.9. The predicted molar refractivity (Wildman–Crippen MR) is 103 cm³/mol. The summed E-state index contributed by atoms with van der Waals surface area (Å²) in [6, 6.07) is 10.9. The zero-order chi connectivity index (χ0) is 20.3. The zero-order valence-electron chi connectivity index (χ0n) is 15.3. The highest BCUT2D eigenvalue weighted by Crippen LogP contribution is 2.32. The standard InChI is InChI=1S/C19H19N5O4/c1-23-10-9-21-19(23)17(12-3-6-14(28-2)7-4-12)22-15-8-5-13(18(20)25)11-16(15)24(26)27/h3-11,17,22H,1-2H3,(H2,20,25). The van der Waals surface area contributed by atoms with Crippen molar-refractivity contribution in [3.8, 4) is 5.75 Å². The highest BCUT2D eigenvalue weighted by molar-refractivity contribution is 5.94. The number of methoxy groups -OCH3 is 1. The van der Waals surface area contributed by atoms with Crippen LogP contribution in [-0.2, 0) is 7.05 Å². The van der Waals surface area contributed by atoms with Gasteiger partial charge >= 0.3 is 0 Å². The number of aryl methyl sites for hydroxylation is 1. The summed E-state index contributed by atoms with van der Waals surface area (Å²) in [7, 11) is 3.41. The molecule has 2 aromatic carbocycles. The lowest BCUT2D eigenvalue weighted by molar-refractivity contribution is -0.384. The average molecular weight is 381 g/mol. The fourth-order valence-electron chi connectivity index (χ4n) is 2.86. The van der Waals surface area contributed by atoms with Crippen LogP contribution in [0.5, 0.6) is 5.75 Å². The van der Waals surface area contributed by atoms with Crippen LogP contribution in [0.4, 0.5) is 11.4 Å². The Kier molecular flexibility index (Phi) is 5.25. The fraction of sp³-hybridized carbons (Fsp3) is 0.158. The van der Waals surface area contributed by atoms with Gasteiger partial charge in [0.1, 0.15) is 23.3 Å². The number of anilines is 1. The van der Waals surface area contributed by atoms with E-state index in [-0.39, 0.29) is 16.9 Å². The minimum absolute atomic E-state index is 0.0650. The van der Waals surface area contributed by atoms with Gasteiger partial charge in [-0.15, -0.1) is 0 Å². The van der Waals surface area contributed by atoms with Gasteiger partial charge in [0.05, 0.1) is 12.0 Å². The number of ether oxygens (including phenoxy) is 1. The number of aromatic nitrogens is 2. The molecule has 0 spiro atoms. The number of nitrogens with one attached hydrogen (secondary N) is 1. The Hall–Kier alpha value is -3.88. The number of nitro benzene ring substituents is 1. The van der Waals surface area contributed by atoms with Crippen molar-refractivity contribution in [2.45, 2.75) is 6.04 Å². The summed E-state index contributed by atoms with van der Waals surface area (Å²) >= 11 is 0. The van der Waals surface area contributed by atoms with Crippen molar-refractivity contribution < 1.29 is 14.5 Å². The largest absolute Gasteiger partial charge is 0.497 e. The Morgan fingerprint density at radius 1 is 1.29 bits per heavy atom. The number of carbonyl (C=O) groups excluding carboxylic acids is 1. The minimum atomic E-state index is -0.731. The molecule has 0 fully saturated rings. The van der Waals surface area contributed by atoms with E-state index in [9.17, 15) is 14.9 Å². The molecule has 0 bridgehead atoms. The van der Waals surface area contributed by atoms with Gasteiger partial charge in [0.2, 0.25) is 5.91 Å². The first-order valence-electron chi connectivity index (χ1n) is 8.36. The Balaban J connectivity index is 2.06. The molecule has 144 valence electrons. The summed E-state index contributed by atoms with van der Waals surface area (Å²) in [4.78, 5) is 26.7. The number of primary amides is 1. The molecule has 3 N–H and O–H groups in total. The van der Waals surface area contributed by atoms with Gasteiger partial charge in [-0.2, -0.15) is 0 Å². The van der Waals surface area contributed by atoms with Gasteiger partial charge in [-0.1, -0.05) is 12.1 Å². The Bertz CT molecular complexity index is 1010. The summed E-state index contributed by atoms with van der Waals surface area (Å²) in [5.41, 5.74) is 6.15. The van der Waals surface area contributed by atoms with Crippen LogP contribution in [0, 0.1) is 10.1 Å². The van der Waals surface area contributed by atoms with Crippen LogP contribution in [0.2, 0.25) is 0 Å². The molecule has 0 aliphatic carbocycles. The lowest BCUT2D eigenvalue weighted by Crippen LogP contribution is -2.18. The molecule has 3 aromatic rings. The van der Waals surface area contributed by atoms with Crippen molar-refractivity contribution in [3.63, 3.8) is 0 Å². The second-order valence-corrected chi connectivity index (χ2v) is 6.10. The average Bonchev–Trinajstić information content (AvgIpc) is 3.11. The summed E-state index contributed by atoms with van der Waals surface area (Å²) in [6.45, 7) is 0. The normalized spacial score (nSPS) is 11.6. The van der Waals surface area contributed by atoms with Crippen molar-refractivity contribution in [2.75, 3.05) is 12.4 Å². The maximum Gasteiger partial charge on any atom is 0.293 e. The minimum Gasteiger partial charge on any atom is -0.497 e. The monoisotopic (exact) mass is 381 g/mol. The van der Waals surface area contributed by atoms with Crippen LogP contribution in [0.25, 0.3) is 0 Å². The van der Waals surface area contributed by atoms with Gasteiger partial charge in [0.15, 0.2) is 0 Å². The molecule has 28 heavy (non-hydrogen) atoms. The van der Waals surface area contributed by atoms with Crippen molar-refractivity contribution in [1.82, 2.24) is 9.55 Å². The van der Waals surface area contributed by atoms with E-state index in [0.717, 1.165) is 11.6 Å². The predicted octanol–water partition coefficient (Wildman–Crippen LogP) is 2.64. The number of nitrogens with two attached hydrogens (primary N) is 1. The first-order chi connectivity index (χ1) is 13.4. The van der Waals surface area contributed by atoms with E-state index in [2.05, 4.69) is 10.3 Å². The fourth-order valence-corrected chi connectivity index (χ4v) is 2.86. The number of benzene rings is 2. The van der Waals surface area contributed by atoms with Crippen LogP contribution in [0.15, 0.2) is 54.9 Å². The number of nitro groups is 1. The summed E-state index contributed by atoms with van der Waals surface area (Å²) in [5.74, 6) is 0.628. The number of carbonyl (C=O) groups is 1. The maximum absolute atomic E-state index is 11.5. The van der Waals surface area contributed by atoms with E-state index in [1.807, 2.05) is 23.7 Å². The Morgan fingerprint density at radius 2 is 2.00 bits per heavy atom. The quantitative estimate of drug-likeness (QED) is 0.479. The Morgan fingerprint density at radius 3 is 2.54 bits per heavy atom. The SMILES string of the molecule is COc1ccc(C(Nc2ccc(C(N)=O)cc2[N+](=O)[O-])c2nccn2C)cc1. The molecule has 1 amide bonds. The molecule has 9 nitrogen and oxygen atoms in total. The molecule has 1 unspecified atom stereocenters. The van der Waals surface area contributed by atoms with Crippen molar-refractivity contribution in [3.05, 3.63) is 81.9 Å². The van der Waals surface area contributed by atoms with Crippen LogP contribution >= 0.6 is 0 Å². The second-order valence-electron chi connectivity index (χ2n) is 6.10. The molecule has 0 saturated heterocycles. The molecule has 3 rings (SSSR count). The van der Waals surface area contributed by atoms with Gasteiger partial charge in [-0.05, 0) is 29.8 Å². The van der Waals surface area contributed by atoms with E-state index >= 15 is 0 Å². The molecular weight excluding hydrogens is 362 g/mol. The van der Waals surface area contributed by atoms with E-state index in [4.69, 9.17) is 10.5 Å². The molecule has 9 heteroatoms. The molecule has 0 saturated carbocycles. The number of nitrogens with zero attached hydrogens (tertiary/aromatic N) is 3. The number of amides is 1. The molecule has 1 heterocycles. The smallest absolute Gasteiger partial charge is 0.293 e. The molecule has 0 aliphatic heterocycles. The van der Waals surface area contributed by atoms with Gasteiger partial charge in [0.25, 0.3) is 5.69 Å². The summed E-state index contributed by atoms with van der Waals surface area (Å²) in [6.07, 6.45) is 3.44. The molecular formula is C19H19N5O4. The first-order valence-corrected chi connectivity index (χ1v) is 8.36. The second kappa shape index (κ2) is 7.78. The number of hydrogen-bond acceptors (Lipinski definition) is 6. The lowest BCUT2D eigenvalue weighted by atomic mass is 10.0. The molecule has 1 atom stereocenters. The van der Waals surface area contributed by atoms with Crippen LogP contribution in [0.3, 0.4) is 0 Å². The molecule has 0 radical (unpaired) electrons. The van der Waals surface area contributed by atoms with E-state index in [0.29, 0.717) is 11.6 Å². The van der Waals surface area contributed by atoms with Gasteiger partial charge in [-0.3, -0.25) is 14.9 Å². The third kappa shape index (κ3) is 3.78. The van der Waals surface area contributed by atoms with Gasteiger partial charge in [-0.25, -0.2) is 4.98 Å². The van der Waals surface area contributed by atoms with Crippen molar-refractivity contribution >= 4 is 17.3 Å². The van der Waals surface area contributed by atoms with Gasteiger partial charge < -0.3 is 20.4 Å². The molecule has 0 aliphatic rings. The molecule has 1 aromatic heterocycles.